The van der Waals surface area contributed by atoms with Gasteiger partial charge in [-0.1, -0.05) is 0 Å². The van der Waals surface area contributed by atoms with E-state index in [4.69, 9.17) is 90.0 Å². The Labute approximate surface area is 513 Å². The van der Waals surface area contributed by atoms with Crippen LogP contribution in [0.15, 0.2) is 0 Å². The van der Waals surface area contributed by atoms with E-state index >= 15 is 0 Å². The smallest absolute Gasteiger partial charge is 0.187 e. The second-order valence-electron chi connectivity index (χ2n) is 23.3. The first-order valence-corrected chi connectivity index (χ1v) is 29.3. The highest BCUT2D eigenvalue weighted by Crippen LogP contribution is 2.39. The van der Waals surface area contributed by atoms with Crippen LogP contribution in [0.2, 0.25) is 0 Å². The third-order valence-corrected chi connectivity index (χ3v) is 17.2. The second kappa shape index (κ2) is 31.1. The van der Waals surface area contributed by atoms with Crippen LogP contribution in [0.1, 0.15) is 0 Å². The van der Waals surface area contributed by atoms with Crippen molar-refractivity contribution < 1.29 is 202 Å². The van der Waals surface area contributed by atoms with E-state index in [1.165, 1.54) is 0 Å². The van der Waals surface area contributed by atoms with Crippen LogP contribution in [0.3, 0.4) is 0 Å². The molecule has 0 unspecified atom stereocenters. The molecule has 528 valence electrons. The molecular weight excluding hydrogens is 1260 g/mol. The zero-order valence-electron chi connectivity index (χ0n) is 47.8. The standard InChI is InChI=1S/C50H82O41/c51-1-12-22(57)33(68)45(79-12)88-37-19(86-42-30(65)21(56)11(55)5-74-42)9-77-49(39(37)90-47-35(70)24(59)14(3-53)81-47)85-18-8-76-44(32(67)28(18)63)87-20-10-78-50(84-17-7-75-43(31(66)27(17)62)83-16-6-73-41(72)29(64)26(16)61)40(91-48-36(71)25(60)15(4-54)82-48)38(20)89-46-34(69)23(58)13(2-52)80-46/h11-72H,1-10H2/t11-,12+,13+,14+,15+,16-,17-,18-,19-,20-,21+,22+,23+,24+,25+,26+,27+,28+,29-,30-,31-,32-,33-,34-,35-,36-,37+,38+,39-,40-,41+,42+,43+,44+,45+,46+,47+,48+,49+,50+/m1/s1. The minimum Gasteiger partial charge on any atom is -0.394 e. The highest BCUT2D eigenvalue weighted by molar-refractivity contribution is 5.00. The Bertz CT molecular complexity index is 2240. The maximum Gasteiger partial charge on any atom is 0.187 e. The first-order chi connectivity index (χ1) is 43.4. The molecule has 0 aromatic carbocycles. The van der Waals surface area contributed by atoms with Gasteiger partial charge < -0.3 is 202 Å². The summed E-state index contributed by atoms with van der Waals surface area (Å²) in [4.78, 5) is 0. The predicted octanol–water partition coefficient (Wildman–Crippen LogP) is -16.4. The lowest BCUT2D eigenvalue weighted by molar-refractivity contribution is -0.391. The number of aliphatic hydroxyl groups is 22. The van der Waals surface area contributed by atoms with Crippen LogP contribution in [0.5, 0.6) is 0 Å². The molecule has 0 aromatic rings. The number of ether oxygens (including phenoxy) is 19. The lowest BCUT2D eigenvalue weighted by atomic mass is 10.0. The molecule has 0 aromatic heterocycles. The average Bonchev–Trinajstić information content (AvgIpc) is 1.80. The van der Waals surface area contributed by atoms with Crippen molar-refractivity contribution in [2.45, 2.75) is 246 Å². The first-order valence-electron chi connectivity index (χ1n) is 29.3. The van der Waals surface area contributed by atoms with Gasteiger partial charge in [0.2, 0.25) is 0 Å². The van der Waals surface area contributed by atoms with Gasteiger partial charge >= 0.3 is 0 Å². The Kier molecular flexibility index (Phi) is 24.6. The van der Waals surface area contributed by atoms with Gasteiger partial charge in [-0.15, -0.1) is 0 Å². The van der Waals surface area contributed by atoms with Crippen LogP contribution in [-0.4, -0.2) is 424 Å². The molecule has 41 nitrogen and oxygen atoms in total. The van der Waals surface area contributed by atoms with Crippen molar-refractivity contribution >= 4 is 0 Å². The van der Waals surface area contributed by atoms with Crippen molar-refractivity contribution in [3.63, 3.8) is 0 Å². The fraction of sp³-hybridized carbons (Fsp3) is 1.00. The van der Waals surface area contributed by atoms with Crippen molar-refractivity contribution in [1.29, 1.82) is 0 Å². The van der Waals surface area contributed by atoms with Crippen molar-refractivity contribution in [3.8, 4) is 0 Å². The Hall–Kier alpha value is -1.64. The van der Waals surface area contributed by atoms with Crippen LogP contribution >= 0.6 is 0 Å². The van der Waals surface area contributed by atoms with E-state index in [2.05, 4.69) is 0 Å². The van der Waals surface area contributed by atoms with E-state index in [-0.39, 0.29) is 0 Å². The lowest BCUT2D eigenvalue weighted by Gasteiger charge is -2.48. The van der Waals surface area contributed by atoms with E-state index in [1.807, 2.05) is 0 Å². The average molecular weight is 1340 g/mol. The molecule has 0 spiro atoms. The van der Waals surface area contributed by atoms with Crippen LogP contribution in [-0.2, 0) is 90.0 Å². The summed E-state index contributed by atoms with van der Waals surface area (Å²) in [6.07, 6.45) is -72.3. The predicted molar refractivity (Wildman–Crippen MR) is 270 cm³/mol. The molecule has 22 N–H and O–H groups in total. The molecule has 0 radical (unpaired) electrons. The van der Waals surface area contributed by atoms with Crippen molar-refractivity contribution in [1.82, 2.24) is 0 Å². The quantitative estimate of drug-likeness (QED) is 0.0479. The van der Waals surface area contributed by atoms with Crippen molar-refractivity contribution in [3.05, 3.63) is 0 Å². The van der Waals surface area contributed by atoms with Crippen LogP contribution < -0.4 is 0 Å². The molecular formula is C50H82O41. The molecule has 0 bridgehead atoms. The summed E-state index contributed by atoms with van der Waals surface area (Å²) in [5, 5.41) is 235. The molecule has 40 atom stereocenters. The van der Waals surface area contributed by atoms with E-state index in [0.717, 1.165) is 0 Å². The Morgan fingerprint density at radius 1 is 0.220 bits per heavy atom. The number of aliphatic hydroxyl groups excluding tert-OH is 22. The second-order valence-corrected chi connectivity index (χ2v) is 23.3. The first kappa shape index (κ1) is 72.1. The van der Waals surface area contributed by atoms with Gasteiger partial charge in [0, 0.05) is 0 Å². The molecule has 10 aliphatic rings. The van der Waals surface area contributed by atoms with Gasteiger partial charge in [-0.2, -0.15) is 0 Å². The van der Waals surface area contributed by atoms with Gasteiger partial charge in [-0.25, -0.2) is 0 Å². The normalized spacial score (nSPS) is 54.1. The summed E-state index contributed by atoms with van der Waals surface area (Å²) in [7, 11) is 0. The molecule has 10 saturated heterocycles. The number of hydrogen-bond acceptors (Lipinski definition) is 41. The van der Waals surface area contributed by atoms with Crippen molar-refractivity contribution in [2.24, 2.45) is 0 Å². The molecule has 0 saturated carbocycles. The number of hydrogen-bond donors (Lipinski definition) is 22. The summed E-state index contributed by atoms with van der Waals surface area (Å²) < 4.78 is 111. The third-order valence-electron chi connectivity index (χ3n) is 17.2. The SMILES string of the molecule is OC[C@@H]1O[C@@H](O[C@@H]2[C@@H](O[C@@H]3O[C@@H](CO)[C@H](O)[C@H]3O)[C@H](O[C@@H]3CO[C@@H](O[C@@H]4CO[C@@H](O[C@@H]5CO[C@@H](O[C@@H]6CO[C@H](O)[C@H](O)[C@H]6O)[C@H](O)[C@H]5O)[C@H](O[C@@H]5O[C@@H](CO)[C@H](O)[C@H]5O)[C@H]4O[C@@H]4O[C@@H](CO)[C@H](O)[C@H]4O)[C@H](O)[C@H]3O)OC[C@H]2O[C@@H]2OC[C@@H](O)[C@H](O)[C@H]2O)[C@H](O)[C@H]1O. The van der Waals surface area contributed by atoms with Gasteiger partial charge in [0.05, 0.1) is 66.1 Å². The Balaban J connectivity index is 0.894. The van der Waals surface area contributed by atoms with E-state index in [0.29, 0.717) is 0 Å². The fourth-order valence-corrected chi connectivity index (χ4v) is 11.8. The maximum absolute atomic E-state index is 11.9. The topological polar surface area (TPSA) is 620 Å². The van der Waals surface area contributed by atoms with Crippen LogP contribution in [0, 0.1) is 0 Å². The molecule has 10 heterocycles. The number of rotatable bonds is 22. The van der Waals surface area contributed by atoms with Gasteiger partial charge in [0.15, 0.2) is 62.9 Å². The Morgan fingerprint density at radius 3 is 0.813 bits per heavy atom. The van der Waals surface area contributed by atoms with E-state index < -0.39 is 312 Å². The minimum atomic E-state index is -2.21. The van der Waals surface area contributed by atoms with Gasteiger partial charge in [-0.3, -0.25) is 0 Å². The summed E-state index contributed by atoms with van der Waals surface area (Å²) in [5.74, 6) is 0. The van der Waals surface area contributed by atoms with Crippen LogP contribution in [0.25, 0.3) is 0 Å². The highest BCUT2D eigenvalue weighted by atomic mass is 16.8. The molecule has 0 aliphatic carbocycles. The van der Waals surface area contributed by atoms with Gasteiger partial charge in [-0.05, 0) is 0 Å². The van der Waals surface area contributed by atoms with E-state index in [9.17, 15) is 112 Å². The molecule has 41 heteroatoms. The van der Waals surface area contributed by atoms with Crippen molar-refractivity contribution in [2.75, 3.05) is 66.1 Å². The fourth-order valence-electron chi connectivity index (χ4n) is 11.8. The summed E-state index contributed by atoms with van der Waals surface area (Å²) in [6.45, 7) is -7.35. The van der Waals surface area contributed by atoms with Crippen LogP contribution in [0.4, 0.5) is 0 Å². The summed E-state index contributed by atoms with van der Waals surface area (Å²) in [5.41, 5.74) is 0. The zero-order chi connectivity index (χ0) is 65.6. The zero-order valence-corrected chi connectivity index (χ0v) is 47.8. The lowest BCUT2D eigenvalue weighted by Crippen LogP contribution is -2.65. The molecule has 0 amide bonds. The minimum absolute atomic E-state index is 0.492. The van der Waals surface area contributed by atoms with Gasteiger partial charge in [0.1, 0.15) is 183 Å². The van der Waals surface area contributed by atoms with Gasteiger partial charge in [0.25, 0.3) is 0 Å². The maximum atomic E-state index is 11.9. The third kappa shape index (κ3) is 15.2. The van der Waals surface area contributed by atoms with E-state index in [1.54, 1.807) is 0 Å². The highest BCUT2D eigenvalue weighted by Gasteiger charge is 2.59. The largest absolute Gasteiger partial charge is 0.394 e. The monoisotopic (exact) mass is 1340 g/mol. The summed E-state index contributed by atoms with van der Waals surface area (Å²) >= 11 is 0. The Morgan fingerprint density at radius 2 is 0.473 bits per heavy atom. The molecule has 10 fully saturated rings. The molecule has 91 heavy (non-hydrogen) atoms. The molecule has 10 rings (SSSR count). The summed E-state index contributed by atoms with van der Waals surface area (Å²) in [6, 6.07) is 0. The molecule has 10 aliphatic heterocycles.